The molecule has 0 aliphatic carbocycles. The molecule has 0 rings (SSSR count). The molecule has 2 atom stereocenters. The molecule has 0 aromatic heterocycles. The molecule has 5 heteroatoms. The first-order chi connectivity index (χ1) is 9.23. The summed E-state index contributed by atoms with van der Waals surface area (Å²) in [4.78, 5) is 24.2. The second-order valence-corrected chi connectivity index (χ2v) is 6.30. The number of amides is 1. The smallest absolute Gasteiger partial charge is 0.244 e. The predicted octanol–water partition coefficient (Wildman–Crippen LogP) is 1.66. The highest BCUT2D eigenvalue weighted by Crippen LogP contribution is 2.16. The summed E-state index contributed by atoms with van der Waals surface area (Å²) in [5, 5.41) is 9.24. The molecule has 0 aromatic rings. The van der Waals surface area contributed by atoms with Crippen molar-refractivity contribution in [1.82, 2.24) is 10.9 Å². The highest BCUT2D eigenvalue weighted by molar-refractivity contribution is 6.01. The number of aliphatic hydroxyl groups excluding tert-OH is 1. The maximum Gasteiger partial charge on any atom is 0.244 e. The molecule has 20 heavy (non-hydrogen) atoms. The van der Waals surface area contributed by atoms with Gasteiger partial charge in [0.25, 0.3) is 0 Å². The predicted molar refractivity (Wildman–Crippen MR) is 79.9 cm³/mol. The van der Waals surface area contributed by atoms with Crippen LogP contribution in [-0.4, -0.2) is 29.4 Å². The highest BCUT2D eigenvalue weighted by Gasteiger charge is 2.27. The van der Waals surface area contributed by atoms with Gasteiger partial charge in [0.1, 0.15) is 5.78 Å². The Bertz CT molecular complexity index is 301. The molecule has 0 aromatic carbocycles. The van der Waals surface area contributed by atoms with Gasteiger partial charge in [0, 0.05) is 13.0 Å². The van der Waals surface area contributed by atoms with Crippen LogP contribution in [0.2, 0.25) is 0 Å². The van der Waals surface area contributed by atoms with E-state index in [2.05, 4.69) is 10.9 Å². The van der Waals surface area contributed by atoms with Crippen molar-refractivity contribution in [3.63, 3.8) is 0 Å². The van der Waals surface area contributed by atoms with E-state index in [4.69, 9.17) is 0 Å². The van der Waals surface area contributed by atoms with Crippen LogP contribution in [0.25, 0.3) is 0 Å². The van der Waals surface area contributed by atoms with Crippen LogP contribution < -0.4 is 10.9 Å². The summed E-state index contributed by atoms with van der Waals surface area (Å²) in [6, 6.07) is 0. The summed E-state index contributed by atoms with van der Waals surface area (Å²) < 4.78 is 0. The number of hydrogen-bond acceptors (Lipinski definition) is 4. The van der Waals surface area contributed by atoms with Crippen molar-refractivity contribution in [2.24, 2.45) is 17.8 Å². The molecule has 118 valence electrons. The lowest BCUT2D eigenvalue weighted by Gasteiger charge is -2.19. The maximum absolute atomic E-state index is 12.1. The fourth-order valence-electron chi connectivity index (χ4n) is 1.81. The van der Waals surface area contributed by atoms with Gasteiger partial charge < -0.3 is 5.11 Å². The van der Waals surface area contributed by atoms with Crippen molar-refractivity contribution >= 4 is 11.7 Å². The van der Waals surface area contributed by atoms with Gasteiger partial charge in [-0.3, -0.25) is 15.0 Å². The third kappa shape index (κ3) is 9.04. The second kappa shape index (κ2) is 9.88. The summed E-state index contributed by atoms with van der Waals surface area (Å²) in [6.45, 7) is 10.4. The van der Waals surface area contributed by atoms with Crippen molar-refractivity contribution < 1.29 is 14.7 Å². The van der Waals surface area contributed by atoms with Gasteiger partial charge in [-0.1, -0.05) is 27.7 Å². The average Bonchev–Trinajstić information content (AvgIpc) is 2.32. The molecule has 0 heterocycles. The first kappa shape index (κ1) is 19.1. The fraction of sp³-hybridized carbons (Fsp3) is 0.867. The molecule has 0 fully saturated rings. The standard InChI is InChI=1S/C15H30N2O3/c1-10(2)8-13(14(19)7-6-12(5)18)15(20)17-16-9-11(3)4/h10-13,16,18H,6-9H2,1-5H3,(H,17,20). The number of nitrogens with one attached hydrogen (secondary N) is 2. The Balaban J connectivity index is 4.45. The van der Waals surface area contributed by atoms with Crippen LogP contribution >= 0.6 is 0 Å². The number of hydrogen-bond donors (Lipinski definition) is 3. The van der Waals surface area contributed by atoms with E-state index < -0.39 is 12.0 Å². The number of Topliss-reactive ketones (excluding diaryl/α,β-unsaturated/α-hetero) is 1. The molecule has 0 spiro atoms. The zero-order chi connectivity index (χ0) is 15.7. The molecule has 0 aliphatic heterocycles. The van der Waals surface area contributed by atoms with Gasteiger partial charge in [0.15, 0.2) is 0 Å². The zero-order valence-electron chi connectivity index (χ0n) is 13.4. The summed E-state index contributed by atoms with van der Waals surface area (Å²) in [5.74, 6) is -0.303. The molecule has 0 radical (unpaired) electrons. The van der Waals surface area contributed by atoms with Gasteiger partial charge in [-0.25, -0.2) is 5.43 Å². The first-order valence-corrected chi connectivity index (χ1v) is 7.47. The highest BCUT2D eigenvalue weighted by atomic mass is 16.3. The maximum atomic E-state index is 12.1. The van der Waals surface area contributed by atoms with Crippen molar-refractivity contribution in [3.05, 3.63) is 0 Å². The number of ketones is 1. The third-order valence-corrected chi connectivity index (χ3v) is 2.94. The van der Waals surface area contributed by atoms with Gasteiger partial charge in [0.05, 0.1) is 12.0 Å². The van der Waals surface area contributed by atoms with Gasteiger partial charge in [-0.2, -0.15) is 0 Å². The monoisotopic (exact) mass is 286 g/mol. The van der Waals surface area contributed by atoms with E-state index in [1.54, 1.807) is 6.92 Å². The zero-order valence-corrected chi connectivity index (χ0v) is 13.4. The normalized spacial score (nSPS) is 14.4. The molecule has 5 nitrogen and oxygen atoms in total. The van der Waals surface area contributed by atoms with E-state index in [0.717, 1.165) is 0 Å². The Morgan fingerprint density at radius 1 is 1.05 bits per heavy atom. The molecule has 1 amide bonds. The number of aliphatic hydroxyl groups is 1. The lowest BCUT2D eigenvalue weighted by molar-refractivity contribution is -0.135. The van der Waals surface area contributed by atoms with E-state index in [9.17, 15) is 14.7 Å². The van der Waals surface area contributed by atoms with E-state index in [1.807, 2.05) is 27.7 Å². The van der Waals surface area contributed by atoms with Gasteiger partial charge >= 0.3 is 0 Å². The van der Waals surface area contributed by atoms with Crippen LogP contribution in [0.5, 0.6) is 0 Å². The minimum absolute atomic E-state index is 0.0940. The third-order valence-electron chi connectivity index (χ3n) is 2.94. The Morgan fingerprint density at radius 3 is 2.10 bits per heavy atom. The molecule has 0 aliphatic rings. The summed E-state index contributed by atoms with van der Waals surface area (Å²) >= 11 is 0. The van der Waals surface area contributed by atoms with Crippen LogP contribution in [0.15, 0.2) is 0 Å². The van der Waals surface area contributed by atoms with Crippen LogP contribution in [0.4, 0.5) is 0 Å². The van der Waals surface area contributed by atoms with Crippen molar-refractivity contribution in [1.29, 1.82) is 0 Å². The summed E-state index contributed by atoms with van der Waals surface area (Å²) in [6.07, 6.45) is 0.668. The Kier molecular flexibility index (Phi) is 9.42. The Hall–Kier alpha value is -0.940. The minimum Gasteiger partial charge on any atom is -0.393 e. The number of hydrazine groups is 1. The van der Waals surface area contributed by atoms with Gasteiger partial charge in [0.2, 0.25) is 5.91 Å². The Morgan fingerprint density at radius 2 is 1.65 bits per heavy atom. The molecule has 3 N–H and O–H groups in total. The molecule has 0 saturated heterocycles. The Labute approximate surface area is 122 Å². The van der Waals surface area contributed by atoms with E-state index in [-0.39, 0.29) is 24.0 Å². The average molecular weight is 286 g/mol. The minimum atomic E-state index is -0.631. The van der Waals surface area contributed by atoms with E-state index >= 15 is 0 Å². The largest absolute Gasteiger partial charge is 0.393 e. The topological polar surface area (TPSA) is 78.4 Å². The number of carbonyl (C=O) groups excluding carboxylic acids is 2. The van der Waals surface area contributed by atoms with Crippen LogP contribution in [0.1, 0.15) is 53.9 Å². The molecule has 0 bridgehead atoms. The lowest BCUT2D eigenvalue weighted by atomic mass is 9.90. The molecule has 2 unspecified atom stereocenters. The van der Waals surface area contributed by atoms with Gasteiger partial charge in [-0.15, -0.1) is 0 Å². The number of rotatable bonds is 10. The van der Waals surface area contributed by atoms with Crippen molar-refractivity contribution in [2.45, 2.75) is 60.0 Å². The van der Waals surface area contributed by atoms with E-state index in [0.29, 0.717) is 25.3 Å². The molecular weight excluding hydrogens is 256 g/mol. The summed E-state index contributed by atoms with van der Waals surface area (Å²) in [7, 11) is 0. The quantitative estimate of drug-likeness (QED) is 0.421. The molecule has 0 saturated carbocycles. The van der Waals surface area contributed by atoms with Crippen LogP contribution in [0, 0.1) is 17.8 Å². The van der Waals surface area contributed by atoms with Crippen LogP contribution in [0.3, 0.4) is 0 Å². The second-order valence-electron chi connectivity index (χ2n) is 6.30. The fourth-order valence-corrected chi connectivity index (χ4v) is 1.81. The molecular formula is C15H30N2O3. The van der Waals surface area contributed by atoms with Crippen molar-refractivity contribution in [3.8, 4) is 0 Å². The van der Waals surface area contributed by atoms with Crippen LogP contribution in [-0.2, 0) is 9.59 Å². The van der Waals surface area contributed by atoms with Gasteiger partial charge in [-0.05, 0) is 31.6 Å². The van der Waals surface area contributed by atoms with Crippen molar-refractivity contribution in [2.75, 3.05) is 6.54 Å². The summed E-state index contributed by atoms with van der Waals surface area (Å²) in [5.41, 5.74) is 5.47. The SMILES string of the molecule is CC(C)CNNC(=O)C(CC(C)C)C(=O)CCC(C)O. The number of carbonyl (C=O) groups is 2. The lowest BCUT2D eigenvalue weighted by Crippen LogP contribution is -2.45. The van der Waals surface area contributed by atoms with E-state index in [1.165, 1.54) is 0 Å². The first-order valence-electron chi connectivity index (χ1n) is 7.47.